The van der Waals surface area contributed by atoms with Crippen LogP contribution in [0.3, 0.4) is 0 Å². The molecule has 4 aromatic rings. The van der Waals surface area contributed by atoms with Crippen LogP contribution in [0, 0.1) is 0 Å². The molecule has 0 aliphatic heterocycles. The smallest absolute Gasteiger partial charge is 0.233 e. The van der Waals surface area contributed by atoms with Gasteiger partial charge >= 0.3 is 0 Å². The van der Waals surface area contributed by atoms with Gasteiger partial charge in [0.15, 0.2) is 5.13 Å². The summed E-state index contributed by atoms with van der Waals surface area (Å²) in [5.74, 6) is 1.83. The Morgan fingerprint density at radius 2 is 2.06 bits per heavy atom. The van der Waals surface area contributed by atoms with Gasteiger partial charge in [-0.15, -0.1) is 11.8 Å². The van der Waals surface area contributed by atoms with E-state index in [0.29, 0.717) is 24.6 Å². The maximum atomic E-state index is 13.3. The molecule has 0 atom stereocenters. The first-order valence-corrected chi connectivity index (χ1v) is 11.9. The van der Waals surface area contributed by atoms with Gasteiger partial charge in [0.25, 0.3) is 0 Å². The second-order valence-corrected chi connectivity index (χ2v) is 9.24. The van der Waals surface area contributed by atoms with Crippen molar-refractivity contribution in [2.45, 2.75) is 24.8 Å². The summed E-state index contributed by atoms with van der Waals surface area (Å²) < 4.78 is 8.15. The SMILES string of the molecule is CCSc1ccc(CC(=O)N(CCn2cccn2)c2nc3ccc(OC)cc3s2)cc1. The number of anilines is 1. The molecule has 0 N–H and O–H groups in total. The zero-order valence-electron chi connectivity index (χ0n) is 17.5. The summed E-state index contributed by atoms with van der Waals surface area (Å²) in [6.07, 6.45) is 3.97. The Labute approximate surface area is 189 Å². The van der Waals surface area contributed by atoms with Crippen molar-refractivity contribution in [1.82, 2.24) is 14.8 Å². The summed E-state index contributed by atoms with van der Waals surface area (Å²) in [6.45, 7) is 3.23. The van der Waals surface area contributed by atoms with Gasteiger partial charge in [-0.05, 0) is 47.7 Å². The van der Waals surface area contributed by atoms with Crippen LogP contribution in [0.2, 0.25) is 0 Å². The second-order valence-electron chi connectivity index (χ2n) is 6.90. The van der Waals surface area contributed by atoms with E-state index in [1.807, 2.05) is 47.3 Å². The molecule has 8 heteroatoms. The summed E-state index contributed by atoms with van der Waals surface area (Å²) >= 11 is 3.30. The molecule has 1 amide bonds. The number of aromatic nitrogens is 3. The number of hydrogen-bond acceptors (Lipinski definition) is 6. The van der Waals surface area contributed by atoms with Crippen molar-refractivity contribution in [3.63, 3.8) is 0 Å². The largest absolute Gasteiger partial charge is 0.497 e. The third-order valence-electron chi connectivity index (χ3n) is 4.82. The number of carbonyl (C=O) groups excluding carboxylic acids is 1. The highest BCUT2D eigenvalue weighted by molar-refractivity contribution is 7.99. The fourth-order valence-corrected chi connectivity index (χ4v) is 4.94. The minimum atomic E-state index is 0.0223. The van der Waals surface area contributed by atoms with Crippen molar-refractivity contribution in [3.05, 3.63) is 66.5 Å². The number of carbonyl (C=O) groups is 1. The normalized spacial score (nSPS) is 11.0. The average Bonchev–Trinajstić information content (AvgIpc) is 3.44. The van der Waals surface area contributed by atoms with Crippen molar-refractivity contribution in [2.24, 2.45) is 0 Å². The molecule has 2 aromatic carbocycles. The highest BCUT2D eigenvalue weighted by Crippen LogP contribution is 2.32. The van der Waals surface area contributed by atoms with E-state index in [4.69, 9.17) is 9.72 Å². The van der Waals surface area contributed by atoms with Crippen molar-refractivity contribution in [2.75, 3.05) is 24.3 Å². The van der Waals surface area contributed by atoms with Crippen molar-refractivity contribution in [3.8, 4) is 5.75 Å². The third kappa shape index (κ3) is 5.26. The van der Waals surface area contributed by atoms with Crippen molar-refractivity contribution >= 4 is 44.4 Å². The van der Waals surface area contributed by atoms with Gasteiger partial charge in [-0.25, -0.2) is 4.98 Å². The lowest BCUT2D eigenvalue weighted by atomic mass is 10.1. The molecule has 6 nitrogen and oxygen atoms in total. The lowest BCUT2D eigenvalue weighted by Crippen LogP contribution is -2.35. The average molecular weight is 453 g/mol. The van der Waals surface area contributed by atoms with Crippen LogP contribution in [-0.4, -0.2) is 40.1 Å². The van der Waals surface area contributed by atoms with Gasteiger partial charge in [0, 0.05) is 23.8 Å². The quantitative estimate of drug-likeness (QED) is 0.339. The number of thiazole rings is 1. The molecule has 2 aromatic heterocycles. The Bertz CT molecular complexity index is 1140. The Morgan fingerprint density at radius 3 is 2.77 bits per heavy atom. The zero-order valence-corrected chi connectivity index (χ0v) is 19.2. The van der Waals surface area contributed by atoms with Gasteiger partial charge in [-0.3, -0.25) is 14.4 Å². The predicted molar refractivity (Wildman–Crippen MR) is 127 cm³/mol. The standard InChI is InChI=1S/C23H24N4O2S2/c1-3-30-19-8-5-17(6-9-19)15-22(28)27(14-13-26-12-4-11-24-26)23-25-20-10-7-18(29-2)16-21(20)31-23/h4-12,16H,3,13-15H2,1-2H3. The van der Waals surface area contributed by atoms with Crippen molar-refractivity contribution in [1.29, 1.82) is 0 Å². The second kappa shape index (κ2) is 9.98. The number of nitrogens with zero attached hydrogens (tertiary/aromatic N) is 4. The lowest BCUT2D eigenvalue weighted by Gasteiger charge is -2.20. The maximum absolute atomic E-state index is 13.3. The number of fused-ring (bicyclic) bond motifs is 1. The minimum Gasteiger partial charge on any atom is -0.497 e. The first-order chi connectivity index (χ1) is 15.2. The first-order valence-electron chi connectivity index (χ1n) is 10.1. The third-order valence-corrected chi connectivity index (χ3v) is 6.75. The number of benzene rings is 2. The molecule has 0 aliphatic carbocycles. The number of hydrogen-bond donors (Lipinski definition) is 0. The molecule has 0 unspecified atom stereocenters. The van der Waals surface area contributed by atoms with Gasteiger partial charge < -0.3 is 4.74 Å². The van der Waals surface area contributed by atoms with Crippen LogP contribution in [0.15, 0.2) is 65.8 Å². The van der Waals surface area contributed by atoms with Gasteiger partial charge in [-0.1, -0.05) is 30.4 Å². The van der Waals surface area contributed by atoms with Crippen LogP contribution in [-0.2, 0) is 17.8 Å². The van der Waals surface area contributed by atoms with Gasteiger partial charge in [0.1, 0.15) is 5.75 Å². The Morgan fingerprint density at radius 1 is 1.23 bits per heavy atom. The molecule has 31 heavy (non-hydrogen) atoms. The molecule has 0 bridgehead atoms. The van der Waals surface area contributed by atoms with Crippen LogP contribution in [0.25, 0.3) is 10.2 Å². The number of thioether (sulfide) groups is 1. The molecule has 0 saturated heterocycles. The van der Waals surface area contributed by atoms with E-state index in [-0.39, 0.29) is 5.91 Å². The van der Waals surface area contributed by atoms with Crippen LogP contribution in [0.1, 0.15) is 12.5 Å². The highest BCUT2D eigenvalue weighted by Gasteiger charge is 2.20. The maximum Gasteiger partial charge on any atom is 0.233 e. The van der Waals surface area contributed by atoms with E-state index in [0.717, 1.165) is 27.3 Å². The van der Waals surface area contributed by atoms with Crippen molar-refractivity contribution < 1.29 is 9.53 Å². The number of ether oxygens (including phenoxy) is 1. The summed E-state index contributed by atoms with van der Waals surface area (Å²) in [5.41, 5.74) is 1.86. The Balaban J connectivity index is 1.57. The molecule has 0 saturated carbocycles. The summed E-state index contributed by atoms with van der Waals surface area (Å²) in [5, 5.41) is 4.95. The van der Waals surface area contributed by atoms with Crippen LogP contribution in [0.5, 0.6) is 5.75 Å². The fraction of sp³-hybridized carbons (Fsp3) is 0.261. The van der Waals surface area contributed by atoms with Crippen LogP contribution >= 0.6 is 23.1 Å². The van der Waals surface area contributed by atoms with E-state index >= 15 is 0 Å². The van der Waals surface area contributed by atoms with Gasteiger partial charge in [0.2, 0.25) is 5.91 Å². The topological polar surface area (TPSA) is 60.2 Å². The first kappa shape index (κ1) is 21.4. The van der Waals surface area contributed by atoms with E-state index in [9.17, 15) is 4.79 Å². The summed E-state index contributed by atoms with van der Waals surface area (Å²) in [4.78, 5) is 21.0. The van der Waals surface area contributed by atoms with Crippen LogP contribution < -0.4 is 9.64 Å². The minimum absolute atomic E-state index is 0.0223. The molecule has 0 aliphatic rings. The molecular formula is C23H24N4O2S2. The number of amides is 1. The van der Waals surface area contributed by atoms with Crippen LogP contribution in [0.4, 0.5) is 5.13 Å². The van der Waals surface area contributed by atoms with E-state index in [1.54, 1.807) is 30.0 Å². The van der Waals surface area contributed by atoms with E-state index in [2.05, 4.69) is 24.2 Å². The Kier molecular flexibility index (Phi) is 6.89. The summed E-state index contributed by atoms with van der Waals surface area (Å²) in [7, 11) is 1.65. The molecule has 4 rings (SSSR count). The molecule has 0 fully saturated rings. The molecule has 0 radical (unpaired) electrons. The fourth-order valence-electron chi connectivity index (χ4n) is 3.24. The highest BCUT2D eigenvalue weighted by atomic mass is 32.2. The summed E-state index contributed by atoms with van der Waals surface area (Å²) in [6, 6.07) is 15.9. The molecule has 160 valence electrons. The lowest BCUT2D eigenvalue weighted by molar-refractivity contribution is -0.118. The molecular weight excluding hydrogens is 428 g/mol. The van der Waals surface area contributed by atoms with Gasteiger partial charge in [0.05, 0.1) is 30.3 Å². The number of methoxy groups -OCH3 is 1. The Hall–Kier alpha value is -2.84. The molecule has 0 spiro atoms. The van der Waals surface area contributed by atoms with E-state index < -0.39 is 0 Å². The number of rotatable bonds is 9. The van der Waals surface area contributed by atoms with Gasteiger partial charge in [-0.2, -0.15) is 5.10 Å². The van der Waals surface area contributed by atoms with E-state index in [1.165, 1.54) is 16.2 Å². The molecule has 2 heterocycles. The zero-order chi connectivity index (χ0) is 21.6. The predicted octanol–water partition coefficient (Wildman–Crippen LogP) is 4.89. The monoisotopic (exact) mass is 452 g/mol.